The van der Waals surface area contributed by atoms with Crippen molar-refractivity contribution in [2.45, 2.75) is 13.8 Å². The first-order chi connectivity index (χ1) is 9.38. The minimum absolute atomic E-state index is 0.00917. The number of hydrogen-bond acceptors (Lipinski definition) is 5. The highest BCUT2D eigenvalue weighted by Gasteiger charge is 2.23. The number of carbonyl (C=O) groups excluding carboxylic acids is 1. The average molecular weight is 295 g/mol. The number of benzene rings is 1. The Morgan fingerprint density at radius 2 is 2.10 bits per heavy atom. The number of hydrogen-bond donors (Lipinski definition) is 0. The van der Waals surface area contributed by atoms with Gasteiger partial charge in [-0.05, 0) is 37.6 Å². The summed E-state index contributed by atoms with van der Waals surface area (Å²) in [6, 6.07) is 5.04. The van der Waals surface area contributed by atoms with E-state index in [0.29, 0.717) is 11.3 Å². The quantitative estimate of drug-likeness (QED) is 0.484. The van der Waals surface area contributed by atoms with E-state index in [2.05, 4.69) is 0 Å². The van der Waals surface area contributed by atoms with Gasteiger partial charge in [-0.2, -0.15) is 0 Å². The van der Waals surface area contributed by atoms with Gasteiger partial charge in [-0.25, -0.2) is 4.39 Å². The van der Waals surface area contributed by atoms with Crippen LogP contribution >= 0.6 is 11.3 Å². The number of halogens is 1. The lowest BCUT2D eigenvalue weighted by molar-refractivity contribution is -0.385. The SMILES string of the molecule is CC(=O)c1cc([N+](=O)[O-])c(Oc2ccc(F)cc2C)s1. The number of nitro groups is 1. The summed E-state index contributed by atoms with van der Waals surface area (Å²) in [5, 5.41) is 11.0. The van der Waals surface area contributed by atoms with Crippen LogP contribution in [0.4, 0.5) is 10.1 Å². The Morgan fingerprint density at radius 3 is 2.65 bits per heavy atom. The van der Waals surface area contributed by atoms with Gasteiger partial charge >= 0.3 is 5.69 Å². The highest BCUT2D eigenvalue weighted by molar-refractivity contribution is 7.16. The van der Waals surface area contributed by atoms with Crippen LogP contribution in [0.5, 0.6) is 10.8 Å². The summed E-state index contributed by atoms with van der Waals surface area (Å²) in [5.74, 6) is -0.379. The third-order valence-electron chi connectivity index (χ3n) is 2.56. The first kappa shape index (κ1) is 14.1. The molecule has 1 aromatic carbocycles. The lowest BCUT2D eigenvalue weighted by atomic mass is 10.2. The number of Topliss-reactive ketones (excluding diaryl/α,β-unsaturated/α-hetero) is 1. The zero-order valence-electron chi connectivity index (χ0n) is 10.7. The minimum Gasteiger partial charge on any atom is -0.440 e. The smallest absolute Gasteiger partial charge is 0.323 e. The Labute approximate surface area is 117 Å². The molecule has 0 bridgehead atoms. The van der Waals surface area contributed by atoms with Crippen LogP contribution in [0.2, 0.25) is 0 Å². The molecular weight excluding hydrogens is 285 g/mol. The molecule has 0 aliphatic carbocycles. The third-order valence-corrected chi connectivity index (χ3v) is 3.67. The van der Waals surface area contributed by atoms with Crippen molar-refractivity contribution in [3.63, 3.8) is 0 Å². The molecule has 104 valence electrons. The van der Waals surface area contributed by atoms with Crippen LogP contribution in [0.1, 0.15) is 22.2 Å². The van der Waals surface area contributed by atoms with Crippen LogP contribution in [0.25, 0.3) is 0 Å². The van der Waals surface area contributed by atoms with Crippen molar-refractivity contribution in [2.24, 2.45) is 0 Å². The number of carbonyl (C=O) groups is 1. The second-order valence-corrected chi connectivity index (χ2v) is 5.12. The van der Waals surface area contributed by atoms with Crippen LogP contribution in [-0.4, -0.2) is 10.7 Å². The summed E-state index contributed by atoms with van der Waals surface area (Å²) in [6.07, 6.45) is 0. The first-order valence-electron chi connectivity index (χ1n) is 5.61. The van der Waals surface area contributed by atoms with Gasteiger partial charge in [0.15, 0.2) is 5.78 Å². The summed E-state index contributed by atoms with van der Waals surface area (Å²) < 4.78 is 18.4. The summed E-state index contributed by atoms with van der Waals surface area (Å²) in [4.78, 5) is 21.9. The average Bonchev–Trinajstić information content (AvgIpc) is 2.77. The van der Waals surface area contributed by atoms with Crippen LogP contribution in [0.15, 0.2) is 24.3 Å². The van der Waals surface area contributed by atoms with Gasteiger partial charge in [0.1, 0.15) is 11.6 Å². The number of ketones is 1. The Bertz CT molecular complexity index is 696. The van der Waals surface area contributed by atoms with Gasteiger partial charge in [0, 0.05) is 6.07 Å². The molecule has 7 heteroatoms. The largest absolute Gasteiger partial charge is 0.440 e. The number of rotatable bonds is 4. The molecular formula is C13H10FNO4S. The minimum atomic E-state index is -0.614. The van der Waals surface area contributed by atoms with Crippen molar-refractivity contribution >= 4 is 22.8 Å². The van der Waals surface area contributed by atoms with Crippen LogP contribution in [0, 0.1) is 22.9 Å². The predicted octanol–water partition coefficient (Wildman–Crippen LogP) is 4.10. The molecule has 0 N–H and O–H groups in total. The lowest BCUT2D eigenvalue weighted by Crippen LogP contribution is -1.91. The lowest BCUT2D eigenvalue weighted by Gasteiger charge is -2.06. The van der Waals surface area contributed by atoms with Gasteiger partial charge in [-0.3, -0.25) is 14.9 Å². The van der Waals surface area contributed by atoms with E-state index < -0.39 is 10.7 Å². The molecule has 0 unspecified atom stereocenters. The molecule has 0 spiro atoms. The summed E-state index contributed by atoms with van der Waals surface area (Å²) in [7, 11) is 0. The van der Waals surface area contributed by atoms with Gasteiger partial charge in [-0.1, -0.05) is 11.3 Å². The molecule has 1 heterocycles. The monoisotopic (exact) mass is 295 g/mol. The maximum atomic E-state index is 13.0. The second-order valence-electron chi connectivity index (χ2n) is 4.11. The summed E-state index contributed by atoms with van der Waals surface area (Å²) >= 11 is 0.896. The maximum Gasteiger partial charge on any atom is 0.323 e. The van der Waals surface area contributed by atoms with E-state index >= 15 is 0 Å². The van der Waals surface area contributed by atoms with Crippen LogP contribution < -0.4 is 4.74 Å². The maximum absolute atomic E-state index is 13.0. The summed E-state index contributed by atoms with van der Waals surface area (Å²) in [6.45, 7) is 2.95. The van der Waals surface area contributed by atoms with Crippen molar-refractivity contribution in [3.05, 3.63) is 50.6 Å². The number of ether oxygens (including phenoxy) is 1. The fraction of sp³-hybridized carbons (Fsp3) is 0.154. The zero-order chi connectivity index (χ0) is 14.9. The van der Waals surface area contributed by atoms with Crippen molar-refractivity contribution in [3.8, 4) is 10.8 Å². The molecule has 1 aromatic heterocycles. The molecule has 20 heavy (non-hydrogen) atoms. The second kappa shape index (κ2) is 5.38. The van der Waals surface area contributed by atoms with Crippen molar-refractivity contribution in [2.75, 3.05) is 0 Å². The molecule has 0 saturated carbocycles. The van der Waals surface area contributed by atoms with E-state index in [1.165, 1.54) is 31.2 Å². The molecule has 2 aromatic rings. The molecule has 0 atom stereocenters. The van der Waals surface area contributed by atoms with E-state index in [-0.39, 0.29) is 21.4 Å². The summed E-state index contributed by atoms with van der Waals surface area (Å²) in [5.41, 5.74) is 0.237. The van der Waals surface area contributed by atoms with Gasteiger partial charge < -0.3 is 4.74 Å². The van der Waals surface area contributed by atoms with E-state index in [0.717, 1.165) is 11.3 Å². The zero-order valence-corrected chi connectivity index (χ0v) is 11.5. The fourth-order valence-electron chi connectivity index (χ4n) is 1.57. The van der Waals surface area contributed by atoms with Crippen molar-refractivity contribution in [1.29, 1.82) is 0 Å². The molecule has 0 fully saturated rings. The van der Waals surface area contributed by atoms with Gasteiger partial charge in [0.2, 0.25) is 0 Å². The Kier molecular flexibility index (Phi) is 3.80. The number of aryl methyl sites for hydroxylation is 1. The van der Waals surface area contributed by atoms with E-state index in [4.69, 9.17) is 4.74 Å². The third kappa shape index (κ3) is 2.83. The first-order valence-corrected chi connectivity index (χ1v) is 6.43. The predicted molar refractivity (Wildman–Crippen MR) is 72.2 cm³/mol. The van der Waals surface area contributed by atoms with Crippen molar-refractivity contribution < 1.29 is 18.8 Å². The molecule has 0 aliphatic rings. The Hall–Kier alpha value is -2.28. The topological polar surface area (TPSA) is 69.4 Å². The molecule has 0 amide bonds. The molecule has 0 radical (unpaired) electrons. The normalized spacial score (nSPS) is 10.3. The standard InChI is InChI=1S/C13H10FNO4S/c1-7-5-9(14)3-4-11(7)19-13-10(15(17)18)6-12(20-13)8(2)16/h3-6H,1-2H3. The Morgan fingerprint density at radius 1 is 1.40 bits per heavy atom. The fourth-order valence-corrected chi connectivity index (χ4v) is 2.45. The highest BCUT2D eigenvalue weighted by Crippen LogP contribution is 2.40. The van der Waals surface area contributed by atoms with Gasteiger partial charge in [-0.15, -0.1) is 0 Å². The Balaban J connectivity index is 2.42. The van der Waals surface area contributed by atoms with E-state index in [1.807, 2.05) is 0 Å². The highest BCUT2D eigenvalue weighted by atomic mass is 32.1. The van der Waals surface area contributed by atoms with E-state index in [1.54, 1.807) is 6.92 Å². The van der Waals surface area contributed by atoms with E-state index in [9.17, 15) is 19.3 Å². The van der Waals surface area contributed by atoms with Crippen molar-refractivity contribution in [1.82, 2.24) is 0 Å². The van der Waals surface area contributed by atoms with Gasteiger partial charge in [0.25, 0.3) is 5.06 Å². The van der Waals surface area contributed by atoms with Crippen LogP contribution in [0.3, 0.4) is 0 Å². The molecule has 2 rings (SSSR count). The number of nitrogens with zero attached hydrogens (tertiary/aromatic N) is 1. The molecule has 5 nitrogen and oxygen atoms in total. The van der Waals surface area contributed by atoms with Crippen LogP contribution in [-0.2, 0) is 0 Å². The molecule has 0 saturated heterocycles. The van der Waals surface area contributed by atoms with Gasteiger partial charge in [0.05, 0.1) is 9.80 Å². The number of thiophene rings is 1. The molecule has 0 aliphatic heterocycles.